The van der Waals surface area contributed by atoms with Crippen LogP contribution in [0, 0.1) is 11.7 Å². The number of urea groups is 1. The van der Waals surface area contributed by atoms with E-state index in [2.05, 4.69) is 34.0 Å². The van der Waals surface area contributed by atoms with Crippen LogP contribution in [0.4, 0.5) is 20.8 Å². The molecule has 2 heterocycles. The molecule has 1 atom stereocenters. The molecule has 3 aromatic rings. The predicted octanol–water partition coefficient (Wildman–Crippen LogP) is 4.66. The molecule has 7 heteroatoms. The van der Waals surface area contributed by atoms with Crippen LogP contribution >= 0.6 is 0 Å². The normalized spacial score (nSPS) is 16.5. The van der Waals surface area contributed by atoms with Crippen molar-refractivity contribution in [1.82, 2.24) is 14.9 Å². The summed E-state index contributed by atoms with van der Waals surface area (Å²) >= 11 is 0. The summed E-state index contributed by atoms with van der Waals surface area (Å²) in [6.07, 6.45) is 3.68. The minimum atomic E-state index is -0.376. The fourth-order valence-electron chi connectivity index (χ4n) is 3.84. The lowest BCUT2D eigenvalue weighted by atomic mass is 10.00. The van der Waals surface area contributed by atoms with E-state index in [1.54, 1.807) is 12.1 Å². The first-order valence-electron chi connectivity index (χ1n) is 10.5. The quantitative estimate of drug-likeness (QED) is 0.668. The van der Waals surface area contributed by atoms with E-state index in [9.17, 15) is 9.18 Å². The molecule has 1 saturated heterocycles. The molecule has 4 rings (SSSR count). The van der Waals surface area contributed by atoms with Crippen LogP contribution in [0.15, 0.2) is 67.0 Å². The molecule has 2 aromatic carbocycles. The van der Waals surface area contributed by atoms with E-state index in [-0.39, 0.29) is 23.8 Å². The van der Waals surface area contributed by atoms with Crippen LogP contribution < -0.4 is 10.2 Å². The number of piperazine rings is 1. The van der Waals surface area contributed by atoms with E-state index in [4.69, 9.17) is 0 Å². The summed E-state index contributed by atoms with van der Waals surface area (Å²) in [5, 5.41) is 2.81. The standard InChI is InChI=1S/C24H26FN5O/c1-17(2)22-16-29(23-26-14-19(15-27-23)18-7-4-3-5-8-18)11-12-30(22)24(31)28-21-10-6-9-20(25)13-21/h3-10,13-15,17,22H,11-12,16H2,1-2H3,(H,28,31). The Balaban J connectivity index is 1.46. The highest BCUT2D eigenvalue weighted by Crippen LogP contribution is 2.23. The van der Waals surface area contributed by atoms with Crippen molar-refractivity contribution in [3.8, 4) is 11.1 Å². The minimum absolute atomic E-state index is 0.0142. The predicted molar refractivity (Wildman–Crippen MR) is 120 cm³/mol. The van der Waals surface area contributed by atoms with Crippen molar-refractivity contribution in [2.24, 2.45) is 5.92 Å². The van der Waals surface area contributed by atoms with Crippen LogP contribution in [0.5, 0.6) is 0 Å². The lowest BCUT2D eigenvalue weighted by Crippen LogP contribution is -2.58. The Bertz CT molecular complexity index is 1030. The van der Waals surface area contributed by atoms with Crippen molar-refractivity contribution in [2.75, 3.05) is 29.9 Å². The Labute approximate surface area is 181 Å². The molecule has 160 valence electrons. The summed E-state index contributed by atoms with van der Waals surface area (Å²) in [5.41, 5.74) is 2.50. The second-order valence-corrected chi connectivity index (χ2v) is 8.03. The maximum absolute atomic E-state index is 13.5. The Morgan fingerprint density at radius 2 is 1.77 bits per heavy atom. The Morgan fingerprint density at radius 3 is 2.45 bits per heavy atom. The number of rotatable bonds is 4. The van der Waals surface area contributed by atoms with Gasteiger partial charge in [0.2, 0.25) is 5.95 Å². The SMILES string of the molecule is CC(C)C1CN(c2ncc(-c3ccccc3)cn2)CCN1C(=O)Nc1cccc(F)c1. The molecule has 0 radical (unpaired) electrons. The van der Waals surface area contributed by atoms with Crippen molar-refractivity contribution in [2.45, 2.75) is 19.9 Å². The first kappa shape index (κ1) is 20.8. The van der Waals surface area contributed by atoms with E-state index in [1.165, 1.54) is 12.1 Å². The number of carbonyl (C=O) groups is 1. The molecule has 1 N–H and O–H groups in total. The van der Waals surface area contributed by atoms with Crippen LogP contribution in [0.2, 0.25) is 0 Å². The maximum atomic E-state index is 13.5. The topological polar surface area (TPSA) is 61.4 Å². The zero-order valence-electron chi connectivity index (χ0n) is 17.7. The molecule has 31 heavy (non-hydrogen) atoms. The third-order valence-corrected chi connectivity index (χ3v) is 5.55. The summed E-state index contributed by atoms with van der Waals surface area (Å²) in [7, 11) is 0. The van der Waals surface area contributed by atoms with Gasteiger partial charge < -0.3 is 15.1 Å². The number of benzene rings is 2. The first-order chi connectivity index (χ1) is 15.0. The molecule has 1 fully saturated rings. The number of hydrogen-bond acceptors (Lipinski definition) is 4. The average Bonchev–Trinajstić information content (AvgIpc) is 2.79. The van der Waals surface area contributed by atoms with Crippen LogP contribution in [-0.4, -0.2) is 46.6 Å². The van der Waals surface area contributed by atoms with Gasteiger partial charge in [-0.3, -0.25) is 0 Å². The van der Waals surface area contributed by atoms with Gasteiger partial charge in [-0.05, 0) is 29.7 Å². The second kappa shape index (κ2) is 9.12. The largest absolute Gasteiger partial charge is 0.337 e. The number of nitrogens with one attached hydrogen (secondary N) is 1. The summed E-state index contributed by atoms with van der Waals surface area (Å²) < 4.78 is 13.5. The Hall–Kier alpha value is -3.48. The summed E-state index contributed by atoms with van der Waals surface area (Å²) in [6, 6.07) is 15.7. The molecule has 0 aliphatic carbocycles. The zero-order valence-corrected chi connectivity index (χ0v) is 17.7. The van der Waals surface area contributed by atoms with E-state index < -0.39 is 0 Å². The minimum Gasteiger partial charge on any atom is -0.337 e. The van der Waals surface area contributed by atoms with E-state index in [0.29, 0.717) is 31.3 Å². The van der Waals surface area contributed by atoms with Crippen molar-refractivity contribution in [3.63, 3.8) is 0 Å². The summed E-state index contributed by atoms with van der Waals surface area (Å²) in [5.74, 6) is 0.527. The van der Waals surface area contributed by atoms with Gasteiger partial charge >= 0.3 is 6.03 Å². The highest BCUT2D eigenvalue weighted by molar-refractivity contribution is 5.89. The highest BCUT2D eigenvalue weighted by atomic mass is 19.1. The molecule has 1 aliphatic rings. The number of hydrogen-bond donors (Lipinski definition) is 1. The first-order valence-corrected chi connectivity index (χ1v) is 10.5. The molecular formula is C24H26FN5O. The lowest BCUT2D eigenvalue weighted by molar-refractivity contribution is 0.156. The van der Waals surface area contributed by atoms with Crippen molar-refractivity contribution in [3.05, 3.63) is 72.8 Å². The molecule has 1 unspecified atom stereocenters. The molecular weight excluding hydrogens is 393 g/mol. The molecule has 6 nitrogen and oxygen atoms in total. The molecule has 0 spiro atoms. The van der Waals surface area contributed by atoms with Gasteiger partial charge in [0.05, 0.1) is 6.04 Å². The highest BCUT2D eigenvalue weighted by Gasteiger charge is 2.33. The number of aromatic nitrogens is 2. The number of nitrogens with zero attached hydrogens (tertiary/aromatic N) is 4. The van der Waals surface area contributed by atoms with Gasteiger partial charge in [0, 0.05) is 43.3 Å². The number of carbonyl (C=O) groups excluding carboxylic acids is 1. The van der Waals surface area contributed by atoms with Gasteiger partial charge in [-0.2, -0.15) is 0 Å². The molecule has 1 aliphatic heterocycles. The fourth-order valence-corrected chi connectivity index (χ4v) is 3.84. The third kappa shape index (κ3) is 4.82. The van der Waals surface area contributed by atoms with Crippen LogP contribution in [0.3, 0.4) is 0 Å². The second-order valence-electron chi connectivity index (χ2n) is 8.03. The van der Waals surface area contributed by atoms with Gasteiger partial charge in [0.15, 0.2) is 0 Å². The zero-order chi connectivity index (χ0) is 21.8. The van der Waals surface area contributed by atoms with Gasteiger partial charge in [0.25, 0.3) is 0 Å². The van der Waals surface area contributed by atoms with Crippen LogP contribution in [0.25, 0.3) is 11.1 Å². The smallest absolute Gasteiger partial charge is 0.322 e. The Morgan fingerprint density at radius 1 is 1.03 bits per heavy atom. The van der Waals surface area contributed by atoms with E-state index >= 15 is 0 Å². The van der Waals surface area contributed by atoms with E-state index in [0.717, 1.165) is 11.1 Å². The molecule has 1 aromatic heterocycles. The summed E-state index contributed by atoms with van der Waals surface area (Å²) in [6.45, 7) is 5.99. The third-order valence-electron chi connectivity index (χ3n) is 5.55. The Kier molecular flexibility index (Phi) is 6.11. The molecule has 0 bridgehead atoms. The van der Waals surface area contributed by atoms with E-state index in [1.807, 2.05) is 47.6 Å². The van der Waals surface area contributed by atoms with Gasteiger partial charge in [0.1, 0.15) is 5.82 Å². The van der Waals surface area contributed by atoms with Crippen molar-refractivity contribution < 1.29 is 9.18 Å². The van der Waals surface area contributed by atoms with Gasteiger partial charge in [-0.15, -0.1) is 0 Å². The van der Waals surface area contributed by atoms with Gasteiger partial charge in [-0.1, -0.05) is 50.2 Å². The van der Waals surface area contributed by atoms with Crippen LogP contribution in [-0.2, 0) is 0 Å². The number of anilines is 2. The summed E-state index contributed by atoms with van der Waals surface area (Å²) in [4.78, 5) is 26.0. The number of amides is 2. The van der Waals surface area contributed by atoms with Crippen molar-refractivity contribution >= 4 is 17.7 Å². The monoisotopic (exact) mass is 419 g/mol. The van der Waals surface area contributed by atoms with Crippen LogP contribution in [0.1, 0.15) is 13.8 Å². The fraction of sp³-hybridized carbons (Fsp3) is 0.292. The lowest BCUT2D eigenvalue weighted by Gasteiger charge is -2.43. The molecule has 0 saturated carbocycles. The van der Waals surface area contributed by atoms with Crippen molar-refractivity contribution in [1.29, 1.82) is 0 Å². The van der Waals surface area contributed by atoms with Gasteiger partial charge in [-0.25, -0.2) is 19.2 Å². The number of halogens is 1. The average molecular weight is 420 g/mol. The maximum Gasteiger partial charge on any atom is 0.322 e. The molecule has 2 amide bonds.